The molecule has 0 bridgehead atoms. The number of aliphatic hydroxyl groups excluding tert-OH is 1. The highest BCUT2D eigenvalue weighted by atomic mass is 19.1. The van der Waals surface area contributed by atoms with Gasteiger partial charge in [-0.15, -0.1) is 14.8 Å². The molecule has 23 heavy (non-hydrogen) atoms. The molecule has 0 aliphatic heterocycles. The Labute approximate surface area is 131 Å². The van der Waals surface area contributed by atoms with Crippen molar-refractivity contribution < 1.29 is 9.50 Å². The second-order valence-corrected chi connectivity index (χ2v) is 5.67. The van der Waals surface area contributed by atoms with Gasteiger partial charge in [0.15, 0.2) is 11.5 Å². The monoisotopic (exact) mass is 314 g/mol. The van der Waals surface area contributed by atoms with Gasteiger partial charge in [-0.25, -0.2) is 4.39 Å². The Balaban J connectivity index is 1.59. The molecule has 1 saturated carbocycles. The molecule has 4 rings (SSSR count). The third-order valence-electron chi connectivity index (χ3n) is 3.96. The Morgan fingerprint density at radius 2 is 2.00 bits per heavy atom. The molecule has 1 fully saturated rings. The fraction of sp³-hybridized carbons (Fsp3) is 0.333. The maximum Gasteiger partial charge on any atom is 0.200 e. The molecule has 3 aromatic rings. The lowest BCUT2D eigenvalue weighted by Crippen LogP contribution is -2.32. The number of rotatable bonds is 5. The smallest absolute Gasteiger partial charge is 0.200 e. The quantitative estimate of drug-likeness (QED) is 0.766. The first kappa shape index (κ1) is 14.0. The fourth-order valence-electron chi connectivity index (χ4n) is 2.59. The van der Waals surface area contributed by atoms with Crippen molar-refractivity contribution >= 4 is 11.5 Å². The molecular weight excluding hydrogens is 299 g/mol. The van der Waals surface area contributed by atoms with Crippen LogP contribution in [0.4, 0.5) is 10.2 Å². The summed E-state index contributed by atoms with van der Waals surface area (Å²) < 4.78 is 14.4. The highest BCUT2D eigenvalue weighted by Crippen LogP contribution is 2.32. The number of aliphatic hydroxyl groups is 1. The van der Waals surface area contributed by atoms with Crippen molar-refractivity contribution in [2.45, 2.75) is 25.0 Å². The Morgan fingerprint density at radius 3 is 2.74 bits per heavy atom. The minimum atomic E-state index is -0.720. The van der Waals surface area contributed by atoms with Crippen LogP contribution in [-0.2, 0) is 0 Å². The molecule has 1 atom stereocenters. The van der Waals surface area contributed by atoms with E-state index in [-0.39, 0.29) is 5.82 Å². The molecule has 1 N–H and O–H groups in total. The number of aromatic nitrogens is 5. The maximum atomic E-state index is 13.0. The van der Waals surface area contributed by atoms with Crippen molar-refractivity contribution in [1.82, 2.24) is 25.3 Å². The van der Waals surface area contributed by atoms with E-state index < -0.39 is 6.10 Å². The molecule has 0 saturated heterocycles. The summed E-state index contributed by atoms with van der Waals surface area (Å²) in [6.07, 6.45) is 1.40. The zero-order valence-corrected chi connectivity index (χ0v) is 12.2. The van der Waals surface area contributed by atoms with Crippen LogP contribution in [0.1, 0.15) is 24.5 Å². The van der Waals surface area contributed by atoms with Crippen LogP contribution in [0.5, 0.6) is 0 Å². The SMILES string of the molecule is O[C@@H](CN(c1ccc2nnnn2n1)C1CC1)c1ccc(F)cc1. The first-order valence-corrected chi connectivity index (χ1v) is 7.46. The van der Waals surface area contributed by atoms with Crippen molar-refractivity contribution in [1.29, 1.82) is 0 Å². The highest BCUT2D eigenvalue weighted by Gasteiger charge is 2.32. The second kappa shape index (κ2) is 5.54. The zero-order valence-electron chi connectivity index (χ0n) is 12.2. The van der Waals surface area contributed by atoms with Crippen molar-refractivity contribution in [2.75, 3.05) is 11.4 Å². The summed E-state index contributed by atoms with van der Waals surface area (Å²) in [5.41, 5.74) is 1.25. The van der Waals surface area contributed by atoms with Crippen LogP contribution >= 0.6 is 0 Å². The van der Waals surface area contributed by atoms with E-state index in [9.17, 15) is 9.50 Å². The van der Waals surface area contributed by atoms with Crippen LogP contribution in [0.15, 0.2) is 36.4 Å². The minimum Gasteiger partial charge on any atom is -0.387 e. The van der Waals surface area contributed by atoms with Crippen LogP contribution in [-0.4, -0.2) is 42.9 Å². The summed E-state index contributed by atoms with van der Waals surface area (Å²) in [7, 11) is 0. The molecule has 1 aromatic carbocycles. The van der Waals surface area contributed by atoms with Crippen LogP contribution < -0.4 is 4.90 Å². The molecule has 0 unspecified atom stereocenters. The molecule has 2 heterocycles. The normalized spacial score (nSPS) is 15.7. The van der Waals surface area contributed by atoms with E-state index in [1.54, 1.807) is 18.2 Å². The molecule has 1 aliphatic carbocycles. The largest absolute Gasteiger partial charge is 0.387 e. The third-order valence-corrected chi connectivity index (χ3v) is 3.96. The number of fused-ring (bicyclic) bond motifs is 1. The first-order valence-electron chi connectivity index (χ1n) is 7.46. The maximum absolute atomic E-state index is 13.0. The van der Waals surface area contributed by atoms with E-state index in [0.717, 1.165) is 12.8 Å². The summed E-state index contributed by atoms with van der Waals surface area (Å²) in [6, 6.07) is 9.90. The lowest BCUT2D eigenvalue weighted by molar-refractivity contribution is 0.182. The third kappa shape index (κ3) is 2.85. The lowest BCUT2D eigenvalue weighted by atomic mass is 10.1. The number of hydrogen-bond acceptors (Lipinski definition) is 6. The van der Waals surface area contributed by atoms with Gasteiger partial charge in [0, 0.05) is 12.6 Å². The van der Waals surface area contributed by atoms with Crippen molar-refractivity contribution in [3.8, 4) is 0 Å². The second-order valence-electron chi connectivity index (χ2n) is 5.67. The van der Waals surface area contributed by atoms with Gasteiger partial charge in [-0.05, 0) is 53.1 Å². The molecule has 2 aromatic heterocycles. The number of anilines is 1. The van der Waals surface area contributed by atoms with Gasteiger partial charge >= 0.3 is 0 Å². The topological polar surface area (TPSA) is 79.4 Å². The number of nitrogens with zero attached hydrogens (tertiary/aromatic N) is 6. The zero-order chi connectivity index (χ0) is 15.8. The highest BCUT2D eigenvalue weighted by molar-refractivity contribution is 5.46. The Hall–Kier alpha value is -2.61. The molecule has 7 nitrogen and oxygen atoms in total. The van der Waals surface area contributed by atoms with Crippen LogP contribution in [0.3, 0.4) is 0 Å². The molecule has 1 aliphatic rings. The van der Waals surface area contributed by atoms with Crippen LogP contribution in [0, 0.1) is 5.82 Å². The summed E-state index contributed by atoms with van der Waals surface area (Å²) in [4.78, 5) is 2.05. The van der Waals surface area contributed by atoms with Gasteiger partial charge in [-0.2, -0.15) is 0 Å². The van der Waals surface area contributed by atoms with E-state index in [1.807, 2.05) is 6.07 Å². The fourth-order valence-corrected chi connectivity index (χ4v) is 2.59. The standard InChI is InChI=1S/C15H15FN6O/c16-11-3-1-10(2-4-11)13(23)9-21(12-5-6-12)15-8-7-14-17-19-20-22(14)18-15/h1-4,7-8,12-13,23H,5-6,9H2/t13-/m0/s1. The number of hydrogen-bond donors (Lipinski definition) is 1. The van der Waals surface area contributed by atoms with Gasteiger partial charge in [0.25, 0.3) is 0 Å². The summed E-state index contributed by atoms with van der Waals surface area (Å²) in [5, 5.41) is 26.1. The molecular formula is C15H15FN6O. The molecule has 8 heteroatoms. The van der Waals surface area contributed by atoms with Gasteiger partial charge < -0.3 is 10.0 Å². The van der Waals surface area contributed by atoms with E-state index in [2.05, 4.69) is 25.5 Å². The Bertz CT molecular complexity index is 816. The predicted molar refractivity (Wildman–Crippen MR) is 80.3 cm³/mol. The van der Waals surface area contributed by atoms with E-state index in [0.29, 0.717) is 29.6 Å². The van der Waals surface area contributed by atoms with E-state index >= 15 is 0 Å². The summed E-state index contributed by atoms with van der Waals surface area (Å²) in [5.74, 6) is 0.402. The lowest BCUT2D eigenvalue weighted by Gasteiger charge is -2.26. The summed E-state index contributed by atoms with van der Waals surface area (Å²) in [6.45, 7) is 0.386. The van der Waals surface area contributed by atoms with Gasteiger partial charge in [0.05, 0.1) is 6.10 Å². The minimum absolute atomic E-state index is 0.314. The van der Waals surface area contributed by atoms with E-state index in [4.69, 9.17) is 0 Å². The van der Waals surface area contributed by atoms with Gasteiger partial charge in [-0.3, -0.25) is 0 Å². The summed E-state index contributed by atoms with van der Waals surface area (Å²) >= 11 is 0. The first-order chi connectivity index (χ1) is 11.2. The Morgan fingerprint density at radius 1 is 1.22 bits per heavy atom. The predicted octanol–water partition coefficient (Wildman–Crippen LogP) is 1.36. The molecule has 0 radical (unpaired) electrons. The van der Waals surface area contributed by atoms with E-state index in [1.165, 1.54) is 16.8 Å². The Kier molecular flexibility index (Phi) is 3.38. The van der Waals surface area contributed by atoms with Crippen LogP contribution in [0.2, 0.25) is 0 Å². The molecule has 0 amide bonds. The van der Waals surface area contributed by atoms with Gasteiger partial charge in [0.1, 0.15) is 5.82 Å². The van der Waals surface area contributed by atoms with Crippen molar-refractivity contribution in [3.63, 3.8) is 0 Å². The van der Waals surface area contributed by atoms with Crippen molar-refractivity contribution in [3.05, 3.63) is 47.8 Å². The van der Waals surface area contributed by atoms with Gasteiger partial charge in [0.2, 0.25) is 0 Å². The number of benzene rings is 1. The number of tetrazole rings is 1. The average Bonchev–Trinajstić information content (AvgIpc) is 3.29. The van der Waals surface area contributed by atoms with Gasteiger partial charge in [-0.1, -0.05) is 12.1 Å². The van der Waals surface area contributed by atoms with Crippen LogP contribution in [0.25, 0.3) is 5.65 Å². The van der Waals surface area contributed by atoms with Crippen molar-refractivity contribution in [2.24, 2.45) is 0 Å². The average molecular weight is 314 g/mol. The number of halogens is 1. The molecule has 0 spiro atoms. The molecule has 118 valence electrons.